The number of aryl methyl sites for hydroxylation is 1. The molecule has 0 saturated heterocycles. The van der Waals surface area contributed by atoms with Crippen LogP contribution in [0.5, 0.6) is 0 Å². The van der Waals surface area contributed by atoms with E-state index >= 15 is 0 Å². The van der Waals surface area contributed by atoms with E-state index in [-0.39, 0.29) is 0 Å². The van der Waals surface area contributed by atoms with Gasteiger partial charge in [0.25, 0.3) is 0 Å². The van der Waals surface area contributed by atoms with Crippen LogP contribution in [0.4, 0.5) is 0 Å². The van der Waals surface area contributed by atoms with Gasteiger partial charge in [-0.2, -0.15) is 4.98 Å². The molecule has 1 heterocycles. The molecule has 0 aromatic carbocycles. The van der Waals surface area contributed by atoms with Gasteiger partial charge in [-0.05, 0) is 19.8 Å². The molecule has 0 atom stereocenters. The van der Waals surface area contributed by atoms with E-state index in [2.05, 4.69) is 15.5 Å². The van der Waals surface area contributed by atoms with Crippen LogP contribution in [0.2, 0.25) is 0 Å². The Morgan fingerprint density at radius 1 is 1.47 bits per heavy atom. The summed E-state index contributed by atoms with van der Waals surface area (Å²) in [5.74, 6) is 1.22. The summed E-state index contributed by atoms with van der Waals surface area (Å²) in [6, 6.07) is 0. The maximum absolute atomic E-state index is 10.0. The van der Waals surface area contributed by atoms with Gasteiger partial charge in [-0.3, -0.25) is 0 Å². The molecule has 0 radical (unpaired) electrons. The second kappa shape index (κ2) is 4.28. The highest BCUT2D eigenvalue weighted by atomic mass is 16.5. The predicted molar refractivity (Wildman–Crippen MR) is 54.2 cm³/mol. The number of nitrogens with zero attached hydrogens (tertiary/aromatic N) is 2. The third-order valence-corrected chi connectivity index (χ3v) is 2.83. The van der Waals surface area contributed by atoms with E-state index in [1.54, 1.807) is 6.92 Å². The molecule has 0 spiro atoms. The Morgan fingerprint density at radius 3 is 2.80 bits per heavy atom. The third-order valence-electron chi connectivity index (χ3n) is 2.83. The second-order valence-electron chi connectivity index (χ2n) is 4.27. The molecule has 0 bridgehead atoms. The topological polar surface area (TPSA) is 71.2 Å². The summed E-state index contributed by atoms with van der Waals surface area (Å²) < 4.78 is 4.96. The van der Waals surface area contributed by atoms with E-state index < -0.39 is 5.60 Å². The molecule has 0 aliphatic heterocycles. The van der Waals surface area contributed by atoms with Crippen molar-refractivity contribution in [2.45, 2.75) is 44.8 Å². The van der Waals surface area contributed by atoms with Gasteiger partial charge in [-0.1, -0.05) is 18.0 Å². The summed E-state index contributed by atoms with van der Waals surface area (Å²) in [5.41, 5.74) is -0.519. The van der Waals surface area contributed by atoms with Gasteiger partial charge in [0.15, 0.2) is 5.82 Å². The van der Waals surface area contributed by atoms with Crippen molar-refractivity contribution >= 4 is 0 Å². The van der Waals surface area contributed by atoms with Crippen molar-refractivity contribution in [3.05, 3.63) is 11.7 Å². The van der Waals surface area contributed by atoms with Crippen molar-refractivity contribution in [1.29, 1.82) is 0 Å². The Balaban J connectivity index is 1.75. The van der Waals surface area contributed by atoms with E-state index in [1.165, 1.54) is 0 Å². The second-order valence-corrected chi connectivity index (χ2v) is 4.27. The van der Waals surface area contributed by atoms with Crippen LogP contribution in [-0.4, -0.2) is 27.4 Å². The SMILES string of the molecule is Cc1noc(CNCC2(O)CCCC2)n1. The third kappa shape index (κ3) is 2.76. The molecule has 5 heteroatoms. The molecule has 1 aliphatic carbocycles. The number of nitrogens with one attached hydrogen (secondary N) is 1. The molecule has 1 aromatic heterocycles. The van der Waals surface area contributed by atoms with Gasteiger partial charge >= 0.3 is 0 Å². The molecule has 84 valence electrons. The summed E-state index contributed by atoms with van der Waals surface area (Å²) in [7, 11) is 0. The lowest BCUT2D eigenvalue weighted by Gasteiger charge is -2.21. The lowest BCUT2D eigenvalue weighted by molar-refractivity contribution is 0.0468. The molecule has 1 fully saturated rings. The molecular formula is C10H17N3O2. The number of hydrogen-bond acceptors (Lipinski definition) is 5. The first-order chi connectivity index (χ1) is 7.18. The van der Waals surface area contributed by atoms with Crippen molar-refractivity contribution in [3.63, 3.8) is 0 Å². The molecule has 2 N–H and O–H groups in total. The van der Waals surface area contributed by atoms with Gasteiger partial charge < -0.3 is 14.9 Å². The summed E-state index contributed by atoms with van der Waals surface area (Å²) in [4.78, 5) is 4.08. The Hall–Kier alpha value is -0.940. The van der Waals surface area contributed by atoms with Gasteiger partial charge in [0, 0.05) is 6.54 Å². The van der Waals surface area contributed by atoms with Crippen LogP contribution >= 0.6 is 0 Å². The van der Waals surface area contributed by atoms with E-state index in [1.807, 2.05) is 0 Å². The van der Waals surface area contributed by atoms with E-state index in [0.717, 1.165) is 25.7 Å². The average molecular weight is 211 g/mol. The molecule has 1 aromatic rings. The first-order valence-corrected chi connectivity index (χ1v) is 5.40. The Labute approximate surface area is 88.9 Å². The van der Waals surface area contributed by atoms with Crippen molar-refractivity contribution in [2.24, 2.45) is 0 Å². The zero-order valence-electron chi connectivity index (χ0n) is 8.99. The van der Waals surface area contributed by atoms with Gasteiger partial charge in [0.2, 0.25) is 5.89 Å². The highest BCUT2D eigenvalue weighted by Gasteiger charge is 2.30. The maximum atomic E-state index is 10.0. The normalized spacial score (nSPS) is 19.6. The molecule has 15 heavy (non-hydrogen) atoms. The van der Waals surface area contributed by atoms with Crippen LogP contribution in [0.1, 0.15) is 37.4 Å². The smallest absolute Gasteiger partial charge is 0.240 e. The largest absolute Gasteiger partial charge is 0.389 e. The van der Waals surface area contributed by atoms with Gasteiger partial charge in [0.05, 0.1) is 12.1 Å². The minimum Gasteiger partial charge on any atom is -0.389 e. The highest BCUT2D eigenvalue weighted by Crippen LogP contribution is 2.28. The standard InChI is InChI=1S/C10H17N3O2/c1-8-12-9(15-13-8)6-11-7-10(14)4-2-3-5-10/h11,14H,2-7H2,1H3. The first kappa shape index (κ1) is 10.6. The molecule has 1 saturated carbocycles. The fourth-order valence-electron chi connectivity index (χ4n) is 2.02. The zero-order valence-corrected chi connectivity index (χ0v) is 8.99. The molecule has 0 unspecified atom stereocenters. The van der Waals surface area contributed by atoms with Crippen molar-refractivity contribution in [1.82, 2.24) is 15.5 Å². The van der Waals surface area contributed by atoms with Crippen LogP contribution in [-0.2, 0) is 6.54 Å². The lowest BCUT2D eigenvalue weighted by atomic mass is 10.0. The molecule has 2 rings (SSSR count). The van der Waals surface area contributed by atoms with Gasteiger partial charge in [-0.15, -0.1) is 0 Å². The number of aromatic nitrogens is 2. The first-order valence-electron chi connectivity index (χ1n) is 5.40. The monoisotopic (exact) mass is 211 g/mol. The average Bonchev–Trinajstić information content (AvgIpc) is 2.76. The van der Waals surface area contributed by atoms with Gasteiger partial charge in [0.1, 0.15) is 0 Å². The van der Waals surface area contributed by atoms with Crippen LogP contribution in [0.15, 0.2) is 4.52 Å². The van der Waals surface area contributed by atoms with E-state index in [9.17, 15) is 5.11 Å². The van der Waals surface area contributed by atoms with Crippen molar-refractivity contribution in [2.75, 3.05) is 6.54 Å². The lowest BCUT2D eigenvalue weighted by Crippen LogP contribution is -2.37. The summed E-state index contributed by atoms with van der Waals surface area (Å²) in [6.07, 6.45) is 4.03. The van der Waals surface area contributed by atoms with E-state index in [0.29, 0.717) is 24.8 Å². The zero-order chi connectivity index (χ0) is 10.7. The highest BCUT2D eigenvalue weighted by molar-refractivity contribution is 4.88. The van der Waals surface area contributed by atoms with Crippen molar-refractivity contribution < 1.29 is 9.63 Å². The molecule has 0 amide bonds. The molecular weight excluding hydrogens is 194 g/mol. The number of aliphatic hydroxyl groups is 1. The molecule has 1 aliphatic rings. The fraction of sp³-hybridized carbons (Fsp3) is 0.800. The van der Waals surface area contributed by atoms with Crippen LogP contribution in [0, 0.1) is 6.92 Å². The van der Waals surface area contributed by atoms with Gasteiger partial charge in [-0.25, -0.2) is 0 Å². The quantitative estimate of drug-likeness (QED) is 0.769. The predicted octanol–water partition coefficient (Wildman–Crippen LogP) is 0.773. The minimum atomic E-state index is -0.519. The number of hydrogen-bond donors (Lipinski definition) is 2. The maximum Gasteiger partial charge on any atom is 0.240 e. The van der Waals surface area contributed by atoms with Crippen molar-refractivity contribution in [3.8, 4) is 0 Å². The Bertz CT molecular complexity index is 318. The summed E-state index contributed by atoms with van der Waals surface area (Å²) in [5, 5.41) is 16.9. The Kier molecular flexibility index (Phi) is 3.02. The Morgan fingerprint density at radius 2 is 2.20 bits per heavy atom. The summed E-state index contributed by atoms with van der Waals surface area (Å²) >= 11 is 0. The minimum absolute atomic E-state index is 0.519. The van der Waals surface area contributed by atoms with Crippen LogP contribution < -0.4 is 5.32 Å². The fourth-order valence-corrected chi connectivity index (χ4v) is 2.02. The van der Waals surface area contributed by atoms with Crippen LogP contribution in [0.3, 0.4) is 0 Å². The van der Waals surface area contributed by atoms with E-state index in [4.69, 9.17) is 4.52 Å². The number of rotatable bonds is 4. The van der Waals surface area contributed by atoms with Crippen LogP contribution in [0.25, 0.3) is 0 Å². The molecule has 5 nitrogen and oxygen atoms in total. The summed E-state index contributed by atoms with van der Waals surface area (Å²) in [6.45, 7) is 2.93.